The predicted molar refractivity (Wildman–Crippen MR) is 138 cm³/mol. The van der Waals surface area contributed by atoms with Crippen LogP contribution < -0.4 is 4.74 Å². The zero-order valence-electron chi connectivity index (χ0n) is 22.0. The van der Waals surface area contributed by atoms with Crippen LogP contribution in [0.25, 0.3) is 0 Å². The lowest BCUT2D eigenvalue weighted by molar-refractivity contribution is -0.136. The van der Waals surface area contributed by atoms with Gasteiger partial charge in [0.15, 0.2) is 0 Å². The molecule has 9 heteroatoms. The van der Waals surface area contributed by atoms with Gasteiger partial charge in [0, 0.05) is 37.0 Å². The van der Waals surface area contributed by atoms with Crippen molar-refractivity contribution < 1.29 is 28.2 Å². The summed E-state index contributed by atoms with van der Waals surface area (Å²) >= 11 is 0. The molecule has 1 heterocycles. The number of ether oxygens (including phenoxy) is 1. The van der Waals surface area contributed by atoms with Crippen molar-refractivity contribution in [2.75, 3.05) is 26.7 Å². The monoisotopic (exact) mass is 520 g/mol. The number of rotatable bonds is 5. The molecule has 1 fully saturated rings. The van der Waals surface area contributed by atoms with E-state index in [0.29, 0.717) is 12.1 Å². The maximum atomic E-state index is 13.6. The number of likely N-dealkylation sites (N-methyl/N-ethyl adjacent to an activating group) is 1. The fourth-order valence-electron chi connectivity index (χ4n) is 4.77. The number of aliphatic hydroxyl groups is 2. The highest BCUT2D eigenvalue weighted by atomic mass is 32.2. The molecule has 1 aromatic carbocycles. The van der Waals surface area contributed by atoms with E-state index >= 15 is 0 Å². The summed E-state index contributed by atoms with van der Waals surface area (Å²) in [6, 6.07) is 3.99. The lowest BCUT2D eigenvalue weighted by Crippen LogP contribution is -2.50. The minimum Gasteiger partial charge on any atom is -0.487 e. The van der Waals surface area contributed by atoms with Crippen LogP contribution in [-0.4, -0.2) is 78.2 Å². The van der Waals surface area contributed by atoms with Crippen molar-refractivity contribution in [2.45, 2.75) is 82.4 Å². The van der Waals surface area contributed by atoms with Crippen molar-refractivity contribution in [2.24, 2.45) is 11.8 Å². The van der Waals surface area contributed by atoms with Crippen LogP contribution in [-0.2, 0) is 14.8 Å². The van der Waals surface area contributed by atoms with Crippen LogP contribution in [0.5, 0.6) is 5.75 Å². The lowest BCUT2D eigenvalue weighted by atomic mass is 9.88. The zero-order chi connectivity index (χ0) is 26.7. The predicted octanol–water partition coefficient (Wildman–Crippen LogP) is 2.62. The highest BCUT2D eigenvalue weighted by molar-refractivity contribution is 7.89. The normalized spacial score (nSPS) is 23.8. The minimum absolute atomic E-state index is 0.00484. The Labute approximate surface area is 215 Å². The van der Waals surface area contributed by atoms with E-state index in [4.69, 9.17) is 4.74 Å². The zero-order valence-corrected chi connectivity index (χ0v) is 22.8. The number of hydrogen-bond donors (Lipinski definition) is 2. The molecule has 0 saturated heterocycles. The first-order valence-corrected chi connectivity index (χ1v) is 14.2. The maximum absolute atomic E-state index is 13.6. The van der Waals surface area contributed by atoms with Crippen LogP contribution in [0.2, 0.25) is 0 Å². The molecule has 3 atom stereocenters. The summed E-state index contributed by atoms with van der Waals surface area (Å²) in [4.78, 5) is 14.8. The number of carbonyl (C=O) groups excluding carboxylic acids is 1. The summed E-state index contributed by atoms with van der Waals surface area (Å²) in [5.74, 6) is 5.64. The third-order valence-corrected chi connectivity index (χ3v) is 8.98. The standard InChI is InChI=1S/C27H40N2O6S/c1-19-16-29(20(2)18-30)36(33,34)25-12-11-21(13-14-27(3,4)32)15-23(25)35-24(19)17-28(5)26(31)22-9-7-6-8-10-22/h11-12,15,19-20,22,24,30,32H,6-10,16-18H2,1-5H3/t19-,20-,24-/m1/s1. The van der Waals surface area contributed by atoms with Crippen molar-refractivity contribution in [1.29, 1.82) is 0 Å². The van der Waals surface area contributed by atoms with Crippen molar-refractivity contribution in [3.05, 3.63) is 23.8 Å². The van der Waals surface area contributed by atoms with E-state index in [9.17, 15) is 23.4 Å². The second-order valence-corrected chi connectivity index (χ2v) is 12.6. The van der Waals surface area contributed by atoms with Crippen LogP contribution >= 0.6 is 0 Å². The van der Waals surface area contributed by atoms with Gasteiger partial charge in [-0.25, -0.2) is 8.42 Å². The molecule has 0 radical (unpaired) electrons. The van der Waals surface area contributed by atoms with E-state index in [-0.39, 0.29) is 41.5 Å². The van der Waals surface area contributed by atoms with Gasteiger partial charge in [-0.3, -0.25) is 4.79 Å². The summed E-state index contributed by atoms with van der Waals surface area (Å²) in [7, 11) is -2.18. The molecule has 3 rings (SSSR count). The summed E-state index contributed by atoms with van der Waals surface area (Å²) in [6.07, 6.45) is 4.62. The molecule has 1 saturated carbocycles. The molecule has 0 spiro atoms. The number of amides is 1. The average Bonchev–Trinajstić information content (AvgIpc) is 2.83. The molecular weight excluding hydrogens is 480 g/mol. The van der Waals surface area contributed by atoms with Crippen molar-refractivity contribution in [3.8, 4) is 17.6 Å². The summed E-state index contributed by atoms with van der Waals surface area (Å²) in [5.41, 5.74) is -0.699. The summed E-state index contributed by atoms with van der Waals surface area (Å²) in [5, 5.41) is 19.8. The van der Waals surface area contributed by atoms with E-state index in [2.05, 4.69) is 11.8 Å². The van der Waals surface area contributed by atoms with Crippen LogP contribution in [0.15, 0.2) is 23.1 Å². The number of benzene rings is 1. The Bertz CT molecular complexity index is 1100. The number of carbonyl (C=O) groups is 1. The van der Waals surface area contributed by atoms with Gasteiger partial charge in [-0.15, -0.1) is 0 Å². The van der Waals surface area contributed by atoms with Gasteiger partial charge in [-0.05, 0) is 51.8 Å². The molecule has 1 amide bonds. The van der Waals surface area contributed by atoms with Crippen LogP contribution in [0.4, 0.5) is 0 Å². The fourth-order valence-corrected chi connectivity index (χ4v) is 6.59. The van der Waals surface area contributed by atoms with Crippen LogP contribution in [0.3, 0.4) is 0 Å². The number of nitrogens with zero attached hydrogens (tertiary/aromatic N) is 2. The Hall–Kier alpha value is -2.12. The Morgan fingerprint density at radius 3 is 2.56 bits per heavy atom. The van der Waals surface area contributed by atoms with Gasteiger partial charge in [0.2, 0.25) is 15.9 Å². The average molecular weight is 521 g/mol. The Kier molecular flexibility index (Phi) is 9.10. The SMILES string of the molecule is C[C@@H]1CN([C@H](C)CO)S(=O)(=O)c2ccc(C#CC(C)(C)O)cc2O[C@@H]1CN(C)C(=O)C1CCCCC1. The summed E-state index contributed by atoms with van der Waals surface area (Å²) < 4.78 is 34.8. The van der Waals surface area contributed by atoms with Gasteiger partial charge >= 0.3 is 0 Å². The third kappa shape index (κ3) is 6.80. The Morgan fingerprint density at radius 2 is 1.94 bits per heavy atom. The van der Waals surface area contributed by atoms with Gasteiger partial charge in [0.1, 0.15) is 22.4 Å². The first-order valence-electron chi connectivity index (χ1n) is 12.8. The van der Waals surface area contributed by atoms with E-state index < -0.39 is 27.8 Å². The van der Waals surface area contributed by atoms with Gasteiger partial charge in [-0.1, -0.05) is 38.0 Å². The van der Waals surface area contributed by atoms with Gasteiger partial charge < -0.3 is 19.8 Å². The third-order valence-electron chi connectivity index (χ3n) is 6.96. The van der Waals surface area contributed by atoms with Crippen molar-refractivity contribution in [3.63, 3.8) is 0 Å². The second-order valence-electron chi connectivity index (χ2n) is 10.8. The molecule has 1 aliphatic carbocycles. The van der Waals surface area contributed by atoms with E-state index in [0.717, 1.165) is 25.7 Å². The van der Waals surface area contributed by atoms with Crippen LogP contribution in [0.1, 0.15) is 65.4 Å². The molecule has 36 heavy (non-hydrogen) atoms. The molecule has 0 aromatic heterocycles. The smallest absolute Gasteiger partial charge is 0.247 e. The highest BCUT2D eigenvalue weighted by Gasteiger charge is 2.38. The molecule has 0 unspecified atom stereocenters. The van der Waals surface area contributed by atoms with E-state index in [1.807, 2.05) is 6.92 Å². The number of aliphatic hydroxyl groups excluding tert-OH is 1. The molecule has 2 N–H and O–H groups in total. The molecular formula is C27H40N2O6S. The lowest BCUT2D eigenvalue weighted by Gasteiger charge is -2.38. The van der Waals surface area contributed by atoms with Gasteiger partial charge in [-0.2, -0.15) is 4.31 Å². The topological polar surface area (TPSA) is 107 Å². The number of sulfonamides is 1. The number of hydrogen-bond acceptors (Lipinski definition) is 6. The van der Waals surface area contributed by atoms with E-state index in [1.54, 1.807) is 44.9 Å². The Balaban J connectivity index is 1.99. The molecule has 0 bridgehead atoms. The fraction of sp³-hybridized carbons (Fsp3) is 0.667. The maximum Gasteiger partial charge on any atom is 0.247 e. The molecule has 8 nitrogen and oxygen atoms in total. The molecule has 200 valence electrons. The minimum atomic E-state index is -3.96. The summed E-state index contributed by atoms with van der Waals surface area (Å²) in [6.45, 7) is 6.86. The quantitative estimate of drug-likeness (QED) is 0.578. The second kappa shape index (κ2) is 11.5. The molecule has 1 aromatic rings. The molecule has 2 aliphatic rings. The van der Waals surface area contributed by atoms with Gasteiger partial charge in [0.05, 0.1) is 13.2 Å². The largest absolute Gasteiger partial charge is 0.487 e. The first-order chi connectivity index (χ1) is 16.8. The Morgan fingerprint density at radius 1 is 1.28 bits per heavy atom. The van der Waals surface area contributed by atoms with Gasteiger partial charge in [0.25, 0.3) is 0 Å². The highest BCUT2D eigenvalue weighted by Crippen LogP contribution is 2.34. The first kappa shape index (κ1) is 28.5. The van der Waals surface area contributed by atoms with Crippen molar-refractivity contribution >= 4 is 15.9 Å². The van der Waals surface area contributed by atoms with Crippen LogP contribution in [0, 0.1) is 23.7 Å². The number of fused-ring (bicyclic) bond motifs is 1. The van der Waals surface area contributed by atoms with Crippen molar-refractivity contribution in [1.82, 2.24) is 9.21 Å². The molecule has 1 aliphatic heterocycles. The van der Waals surface area contributed by atoms with E-state index in [1.165, 1.54) is 16.8 Å².